The van der Waals surface area contributed by atoms with Crippen LogP contribution in [0.15, 0.2) is 48.6 Å². The molecule has 2 aromatic carbocycles. The van der Waals surface area contributed by atoms with Crippen molar-refractivity contribution in [1.29, 1.82) is 0 Å². The van der Waals surface area contributed by atoms with E-state index in [1.54, 1.807) is 25.1 Å². The smallest absolute Gasteiger partial charge is 0.339 e. The molecule has 0 bridgehead atoms. The van der Waals surface area contributed by atoms with Gasteiger partial charge in [0.25, 0.3) is 0 Å². The molecule has 2 rings (SSSR count). The molecule has 0 aliphatic heterocycles. The normalized spacial score (nSPS) is 10.5. The van der Waals surface area contributed by atoms with Crippen LogP contribution in [0.25, 0.3) is 10.8 Å². The van der Waals surface area contributed by atoms with E-state index in [0.29, 0.717) is 24.0 Å². The van der Waals surface area contributed by atoms with Crippen molar-refractivity contribution in [2.24, 2.45) is 0 Å². The largest absolute Gasteiger partial charge is 0.478 e. The second-order valence-corrected chi connectivity index (χ2v) is 6.48. The van der Waals surface area contributed by atoms with Gasteiger partial charge in [0.05, 0.1) is 24.3 Å². The number of hydrogen-bond donors (Lipinski definition) is 1. The van der Waals surface area contributed by atoms with Crippen molar-refractivity contribution in [3.63, 3.8) is 0 Å². The highest BCUT2D eigenvalue weighted by Crippen LogP contribution is 2.23. The molecule has 6 nitrogen and oxygen atoms in total. The summed E-state index contributed by atoms with van der Waals surface area (Å²) >= 11 is 0. The van der Waals surface area contributed by atoms with E-state index in [1.807, 2.05) is 12.1 Å². The Morgan fingerprint density at radius 1 is 0.929 bits per heavy atom. The molecular formula is C22H24O6. The number of aromatic carboxylic acids is 1. The Morgan fingerprint density at radius 3 is 2.21 bits per heavy atom. The van der Waals surface area contributed by atoms with Gasteiger partial charge < -0.3 is 14.6 Å². The first kappa shape index (κ1) is 21.2. The van der Waals surface area contributed by atoms with Crippen molar-refractivity contribution in [2.75, 3.05) is 13.2 Å². The highest BCUT2D eigenvalue weighted by molar-refractivity contribution is 6.12. The molecule has 0 saturated heterocycles. The highest BCUT2D eigenvalue weighted by Gasteiger charge is 2.20. The van der Waals surface area contributed by atoms with Gasteiger partial charge in [0.15, 0.2) is 0 Å². The number of unbranched alkanes of at least 4 members (excludes halogenated alkanes) is 3. The molecule has 0 spiro atoms. The van der Waals surface area contributed by atoms with Crippen molar-refractivity contribution in [3.05, 3.63) is 59.7 Å². The molecule has 28 heavy (non-hydrogen) atoms. The second-order valence-electron chi connectivity index (χ2n) is 6.48. The first-order valence-corrected chi connectivity index (χ1v) is 9.16. The zero-order valence-electron chi connectivity index (χ0n) is 15.9. The van der Waals surface area contributed by atoms with Gasteiger partial charge in [-0.3, -0.25) is 0 Å². The number of carboxylic acids is 1. The molecule has 0 amide bonds. The van der Waals surface area contributed by atoms with E-state index in [2.05, 4.69) is 6.58 Å². The number of carboxylic acid groups (broad SMARTS) is 1. The maximum absolute atomic E-state index is 12.5. The molecule has 0 aliphatic carbocycles. The fraction of sp³-hybridized carbons (Fsp3) is 0.318. The number of ether oxygens (including phenoxy) is 2. The van der Waals surface area contributed by atoms with Crippen LogP contribution in [0, 0.1) is 0 Å². The van der Waals surface area contributed by atoms with Gasteiger partial charge in [-0.15, -0.1) is 0 Å². The van der Waals surface area contributed by atoms with E-state index < -0.39 is 17.9 Å². The number of esters is 2. The number of carbonyl (C=O) groups is 3. The van der Waals surface area contributed by atoms with E-state index in [1.165, 1.54) is 6.07 Å². The zero-order chi connectivity index (χ0) is 20.5. The van der Waals surface area contributed by atoms with Gasteiger partial charge in [0, 0.05) is 5.57 Å². The minimum atomic E-state index is -1.16. The van der Waals surface area contributed by atoms with Crippen molar-refractivity contribution < 1.29 is 29.0 Å². The topological polar surface area (TPSA) is 89.9 Å². The molecule has 0 unspecified atom stereocenters. The Balaban J connectivity index is 1.84. The molecule has 0 aliphatic rings. The number of carbonyl (C=O) groups excluding carboxylic acids is 2. The summed E-state index contributed by atoms with van der Waals surface area (Å²) in [5, 5.41) is 10.7. The van der Waals surface area contributed by atoms with Crippen LogP contribution in [0.3, 0.4) is 0 Å². The standard InChI is InChI=1S/C22H24O6/c1-15(2)21(25)27-13-7-3-4-8-14-28-22(26)19-17-10-6-5-9-16(17)11-12-18(19)20(23)24/h5-6,9-12H,1,3-4,7-8,13-14H2,2H3,(H,23,24). The predicted octanol–water partition coefficient (Wildman–Crippen LogP) is 4.37. The van der Waals surface area contributed by atoms with E-state index >= 15 is 0 Å². The lowest BCUT2D eigenvalue weighted by Crippen LogP contribution is -2.13. The van der Waals surface area contributed by atoms with Crippen LogP contribution >= 0.6 is 0 Å². The summed E-state index contributed by atoms with van der Waals surface area (Å²) in [6, 6.07) is 10.2. The Labute approximate surface area is 163 Å². The maximum Gasteiger partial charge on any atom is 0.339 e. The number of hydrogen-bond acceptors (Lipinski definition) is 5. The van der Waals surface area contributed by atoms with Crippen LogP contribution in [0.4, 0.5) is 0 Å². The molecule has 0 fully saturated rings. The van der Waals surface area contributed by atoms with Gasteiger partial charge in [-0.1, -0.05) is 36.9 Å². The van der Waals surface area contributed by atoms with Crippen LogP contribution in [-0.2, 0) is 14.3 Å². The summed E-state index contributed by atoms with van der Waals surface area (Å²) in [4.78, 5) is 35.2. The Hall–Kier alpha value is -3.15. The van der Waals surface area contributed by atoms with Crippen molar-refractivity contribution >= 4 is 28.7 Å². The lowest BCUT2D eigenvalue weighted by Gasteiger charge is -2.10. The minimum absolute atomic E-state index is 0.0666. The third-order valence-electron chi connectivity index (χ3n) is 4.22. The molecule has 148 valence electrons. The first-order valence-electron chi connectivity index (χ1n) is 9.16. The van der Waals surface area contributed by atoms with E-state index in [-0.39, 0.29) is 17.7 Å². The van der Waals surface area contributed by atoms with Gasteiger partial charge in [-0.05, 0) is 49.4 Å². The van der Waals surface area contributed by atoms with Crippen molar-refractivity contribution in [1.82, 2.24) is 0 Å². The summed E-state index contributed by atoms with van der Waals surface area (Å²) in [6.07, 6.45) is 3.00. The molecule has 0 heterocycles. The van der Waals surface area contributed by atoms with Gasteiger partial charge in [0.2, 0.25) is 0 Å². The Morgan fingerprint density at radius 2 is 1.57 bits per heavy atom. The number of rotatable bonds is 10. The van der Waals surface area contributed by atoms with Crippen LogP contribution in [0.2, 0.25) is 0 Å². The van der Waals surface area contributed by atoms with Crippen LogP contribution in [0.5, 0.6) is 0 Å². The van der Waals surface area contributed by atoms with Gasteiger partial charge in [-0.25, -0.2) is 14.4 Å². The third kappa shape index (κ3) is 5.67. The first-order chi connectivity index (χ1) is 13.4. The maximum atomic E-state index is 12.5. The molecule has 1 N–H and O–H groups in total. The molecule has 6 heteroatoms. The van der Waals surface area contributed by atoms with Gasteiger partial charge in [0.1, 0.15) is 0 Å². The number of fused-ring (bicyclic) bond motifs is 1. The molecule has 0 saturated carbocycles. The number of benzene rings is 2. The lowest BCUT2D eigenvalue weighted by molar-refractivity contribution is -0.139. The quantitative estimate of drug-likeness (QED) is 0.371. The third-order valence-corrected chi connectivity index (χ3v) is 4.22. The van der Waals surface area contributed by atoms with E-state index in [4.69, 9.17) is 9.47 Å². The van der Waals surface area contributed by atoms with E-state index in [0.717, 1.165) is 24.6 Å². The molecule has 0 atom stereocenters. The van der Waals surface area contributed by atoms with Gasteiger partial charge in [-0.2, -0.15) is 0 Å². The minimum Gasteiger partial charge on any atom is -0.478 e. The Kier molecular flexibility index (Phi) is 7.75. The average molecular weight is 384 g/mol. The monoisotopic (exact) mass is 384 g/mol. The molecular weight excluding hydrogens is 360 g/mol. The van der Waals surface area contributed by atoms with Crippen LogP contribution < -0.4 is 0 Å². The fourth-order valence-corrected chi connectivity index (χ4v) is 2.75. The summed E-state index contributed by atoms with van der Waals surface area (Å²) in [5.74, 6) is -2.19. The molecule has 0 aromatic heterocycles. The Bertz CT molecular complexity index is 884. The van der Waals surface area contributed by atoms with Crippen LogP contribution in [-0.4, -0.2) is 36.2 Å². The van der Waals surface area contributed by atoms with Crippen LogP contribution in [0.1, 0.15) is 53.3 Å². The van der Waals surface area contributed by atoms with Gasteiger partial charge >= 0.3 is 17.9 Å². The van der Waals surface area contributed by atoms with Crippen molar-refractivity contribution in [3.8, 4) is 0 Å². The fourth-order valence-electron chi connectivity index (χ4n) is 2.75. The SMILES string of the molecule is C=C(C)C(=O)OCCCCCCOC(=O)c1c(C(=O)O)ccc2ccccc12. The zero-order valence-corrected chi connectivity index (χ0v) is 15.9. The second kappa shape index (κ2) is 10.3. The molecule has 0 radical (unpaired) electrons. The average Bonchev–Trinajstić information content (AvgIpc) is 2.68. The summed E-state index contributed by atoms with van der Waals surface area (Å²) in [5.41, 5.74) is 0.390. The van der Waals surface area contributed by atoms with Crippen molar-refractivity contribution in [2.45, 2.75) is 32.6 Å². The lowest BCUT2D eigenvalue weighted by atomic mass is 9.99. The summed E-state index contributed by atoms with van der Waals surface area (Å²) in [7, 11) is 0. The predicted molar refractivity (Wildman–Crippen MR) is 105 cm³/mol. The van der Waals surface area contributed by atoms with E-state index in [9.17, 15) is 19.5 Å². The summed E-state index contributed by atoms with van der Waals surface area (Å²) in [6.45, 7) is 5.65. The summed E-state index contributed by atoms with van der Waals surface area (Å²) < 4.78 is 10.3. The highest BCUT2D eigenvalue weighted by atomic mass is 16.5. The molecule has 2 aromatic rings.